The van der Waals surface area contributed by atoms with E-state index in [1.807, 2.05) is 13.8 Å². The second-order valence-electron chi connectivity index (χ2n) is 5.40. The third-order valence-electron chi connectivity index (χ3n) is 3.19. The first-order valence-corrected chi connectivity index (χ1v) is 7.32. The van der Waals surface area contributed by atoms with Gasteiger partial charge in [0.1, 0.15) is 0 Å². The molecule has 0 aliphatic carbocycles. The van der Waals surface area contributed by atoms with E-state index in [4.69, 9.17) is 14.2 Å². The van der Waals surface area contributed by atoms with Gasteiger partial charge in [-0.2, -0.15) is 0 Å². The number of aliphatic hydroxyl groups excluding tert-OH is 1. The van der Waals surface area contributed by atoms with Crippen molar-refractivity contribution < 1.29 is 19.3 Å². The van der Waals surface area contributed by atoms with E-state index in [1.165, 1.54) is 0 Å². The van der Waals surface area contributed by atoms with Crippen LogP contribution in [0.5, 0.6) is 0 Å². The normalized spacial score (nSPS) is 22.9. The zero-order valence-electron chi connectivity index (χ0n) is 12.4. The second kappa shape index (κ2) is 9.66. The summed E-state index contributed by atoms with van der Waals surface area (Å²) in [6.45, 7) is 8.91. The predicted molar refractivity (Wildman–Crippen MR) is 74.4 cm³/mol. The van der Waals surface area contributed by atoms with E-state index in [0.717, 1.165) is 19.4 Å². The minimum atomic E-state index is -0.483. The minimum absolute atomic E-state index is 0.224. The zero-order chi connectivity index (χ0) is 14.1. The van der Waals surface area contributed by atoms with Crippen LogP contribution in [0.1, 0.15) is 33.6 Å². The molecule has 0 aromatic carbocycles. The number of aliphatic hydroxyl groups is 1. The van der Waals surface area contributed by atoms with Crippen molar-refractivity contribution in [3.63, 3.8) is 0 Å². The van der Waals surface area contributed by atoms with Crippen molar-refractivity contribution in [2.24, 2.45) is 0 Å². The first kappa shape index (κ1) is 16.9. The van der Waals surface area contributed by atoms with E-state index in [9.17, 15) is 5.11 Å². The van der Waals surface area contributed by atoms with Crippen molar-refractivity contribution in [3.8, 4) is 0 Å². The van der Waals surface area contributed by atoms with E-state index in [1.54, 1.807) is 0 Å². The van der Waals surface area contributed by atoms with Gasteiger partial charge in [0.2, 0.25) is 0 Å². The van der Waals surface area contributed by atoms with Gasteiger partial charge in [-0.15, -0.1) is 0 Å². The quantitative estimate of drug-likeness (QED) is 0.581. The summed E-state index contributed by atoms with van der Waals surface area (Å²) in [6, 6.07) is 0.279. The highest BCUT2D eigenvalue weighted by Gasteiger charge is 2.22. The molecule has 0 aromatic heterocycles. The molecule has 1 saturated heterocycles. The van der Waals surface area contributed by atoms with Crippen molar-refractivity contribution in [2.75, 3.05) is 33.0 Å². The molecule has 1 aliphatic rings. The fourth-order valence-electron chi connectivity index (χ4n) is 2.07. The SMILES string of the molecule is CC(C)OCCOCC(O)CNC(C)C1CCCO1. The van der Waals surface area contributed by atoms with Crippen molar-refractivity contribution in [3.05, 3.63) is 0 Å². The van der Waals surface area contributed by atoms with Gasteiger partial charge in [-0.3, -0.25) is 0 Å². The first-order chi connectivity index (χ1) is 9.09. The zero-order valence-corrected chi connectivity index (χ0v) is 12.4. The van der Waals surface area contributed by atoms with Gasteiger partial charge in [-0.25, -0.2) is 0 Å². The maximum Gasteiger partial charge on any atom is 0.0897 e. The summed E-state index contributed by atoms with van der Waals surface area (Å²) in [5.74, 6) is 0. The molecule has 1 heterocycles. The molecule has 0 saturated carbocycles. The van der Waals surface area contributed by atoms with Crippen molar-refractivity contribution in [1.82, 2.24) is 5.32 Å². The van der Waals surface area contributed by atoms with Crippen molar-refractivity contribution >= 4 is 0 Å². The lowest BCUT2D eigenvalue weighted by Gasteiger charge is -2.21. The van der Waals surface area contributed by atoms with Crippen LogP contribution in [0.4, 0.5) is 0 Å². The summed E-state index contributed by atoms with van der Waals surface area (Å²) < 4.78 is 16.3. The van der Waals surface area contributed by atoms with Crippen LogP contribution < -0.4 is 5.32 Å². The number of ether oxygens (including phenoxy) is 3. The molecule has 2 N–H and O–H groups in total. The van der Waals surface area contributed by atoms with Gasteiger partial charge >= 0.3 is 0 Å². The van der Waals surface area contributed by atoms with Crippen LogP contribution in [0.15, 0.2) is 0 Å². The average Bonchev–Trinajstić information content (AvgIpc) is 2.89. The van der Waals surface area contributed by atoms with Crippen LogP contribution >= 0.6 is 0 Å². The number of hydrogen-bond acceptors (Lipinski definition) is 5. The smallest absolute Gasteiger partial charge is 0.0897 e. The lowest BCUT2D eigenvalue weighted by molar-refractivity contribution is -0.0118. The highest BCUT2D eigenvalue weighted by Crippen LogP contribution is 2.15. The van der Waals surface area contributed by atoms with Gasteiger partial charge < -0.3 is 24.6 Å². The highest BCUT2D eigenvalue weighted by atomic mass is 16.5. The molecule has 0 aromatic rings. The monoisotopic (exact) mass is 275 g/mol. The first-order valence-electron chi connectivity index (χ1n) is 7.32. The van der Waals surface area contributed by atoms with E-state index < -0.39 is 6.10 Å². The maximum atomic E-state index is 9.78. The molecule has 1 rings (SSSR count). The summed E-state index contributed by atoms with van der Waals surface area (Å²) in [5.41, 5.74) is 0. The van der Waals surface area contributed by atoms with Gasteiger partial charge in [-0.1, -0.05) is 0 Å². The standard InChI is InChI=1S/C14H29NO4/c1-11(2)18-8-7-17-10-13(16)9-15-12(3)14-5-4-6-19-14/h11-16H,4-10H2,1-3H3. The van der Waals surface area contributed by atoms with Crippen LogP contribution in [-0.2, 0) is 14.2 Å². The Bertz CT molecular complexity index is 219. The van der Waals surface area contributed by atoms with E-state index in [-0.39, 0.29) is 18.2 Å². The van der Waals surface area contributed by atoms with E-state index >= 15 is 0 Å². The summed E-state index contributed by atoms with van der Waals surface area (Å²) in [7, 11) is 0. The molecule has 0 radical (unpaired) electrons. The number of rotatable bonds is 10. The molecular weight excluding hydrogens is 246 g/mol. The van der Waals surface area contributed by atoms with Gasteiger partial charge in [0, 0.05) is 19.2 Å². The third-order valence-corrected chi connectivity index (χ3v) is 3.19. The Morgan fingerprint density at radius 2 is 2.11 bits per heavy atom. The predicted octanol–water partition coefficient (Wildman–Crippen LogP) is 0.946. The van der Waals surface area contributed by atoms with Crippen LogP contribution in [0, 0.1) is 0 Å². The average molecular weight is 275 g/mol. The number of hydrogen-bond donors (Lipinski definition) is 2. The minimum Gasteiger partial charge on any atom is -0.389 e. The molecule has 3 atom stereocenters. The van der Waals surface area contributed by atoms with Crippen molar-refractivity contribution in [2.45, 2.75) is 58.0 Å². The molecule has 1 aliphatic heterocycles. The Hall–Kier alpha value is -0.200. The fourth-order valence-corrected chi connectivity index (χ4v) is 2.07. The van der Waals surface area contributed by atoms with Gasteiger partial charge in [0.25, 0.3) is 0 Å². The molecule has 114 valence electrons. The molecule has 1 fully saturated rings. The maximum absolute atomic E-state index is 9.78. The molecule has 19 heavy (non-hydrogen) atoms. The van der Waals surface area contributed by atoms with E-state index in [0.29, 0.717) is 26.4 Å². The van der Waals surface area contributed by atoms with Gasteiger partial charge in [0.15, 0.2) is 0 Å². The fraction of sp³-hybridized carbons (Fsp3) is 1.00. The molecule has 3 unspecified atom stereocenters. The summed E-state index contributed by atoms with van der Waals surface area (Å²) in [6.07, 6.45) is 2.27. The largest absolute Gasteiger partial charge is 0.389 e. The van der Waals surface area contributed by atoms with Crippen molar-refractivity contribution in [1.29, 1.82) is 0 Å². The van der Waals surface area contributed by atoms with E-state index in [2.05, 4.69) is 12.2 Å². The highest BCUT2D eigenvalue weighted by molar-refractivity contribution is 4.77. The Morgan fingerprint density at radius 1 is 1.32 bits per heavy atom. The van der Waals surface area contributed by atoms with Crippen LogP contribution in [-0.4, -0.2) is 62.4 Å². The molecule has 0 bridgehead atoms. The summed E-state index contributed by atoms with van der Waals surface area (Å²) >= 11 is 0. The Kier molecular flexibility index (Phi) is 8.57. The van der Waals surface area contributed by atoms with Gasteiger partial charge in [-0.05, 0) is 33.6 Å². The Balaban J connectivity index is 1.96. The molecule has 0 amide bonds. The molecular formula is C14H29NO4. The third kappa shape index (κ3) is 7.84. The summed E-state index contributed by atoms with van der Waals surface area (Å²) in [5, 5.41) is 13.1. The lowest BCUT2D eigenvalue weighted by atomic mass is 10.1. The number of nitrogens with one attached hydrogen (secondary N) is 1. The van der Waals surface area contributed by atoms with Crippen LogP contribution in [0.2, 0.25) is 0 Å². The van der Waals surface area contributed by atoms with Crippen LogP contribution in [0.25, 0.3) is 0 Å². The molecule has 5 heteroatoms. The van der Waals surface area contributed by atoms with Gasteiger partial charge in [0.05, 0.1) is 38.1 Å². The molecule has 0 spiro atoms. The topological polar surface area (TPSA) is 60.0 Å². The molecule has 5 nitrogen and oxygen atoms in total. The Morgan fingerprint density at radius 3 is 2.74 bits per heavy atom. The van der Waals surface area contributed by atoms with Crippen LogP contribution in [0.3, 0.4) is 0 Å². The lowest BCUT2D eigenvalue weighted by Crippen LogP contribution is -2.42. The summed E-state index contributed by atoms with van der Waals surface area (Å²) in [4.78, 5) is 0. The Labute approximate surface area is 116 Å². The second-order valence-corrected chi connectivity index (χ2v) is 5.40.